The Morgan fingerprint density at radius 3 is 2.74 bits per heavy atom. The molecule has 19 heavy (non-hydrogen) atoms. The normalized spacial score (nSPS) is 10.6. The predicted molar refractivity (Wildman–Crippen MR) is 85.4 cm³/mol. The number of amides is 1. The number of benzene rings is 2. The molecule has 2 rings (SSSR count). The lowest BCUT2D eigenvalue weighted by Crippen LogP contribution is -2.17. The van der Waals surface area contributed by atoms with Gasteiger partial charge in [0.2, 0.25) is 0 Å². The summed E-state index contributed by atoms with van der Waals surface area (Å²) < 4.78 is 1.02. The van der Waals surface area contributed by atoms with Crippen LogP contribution in [0.1, 0.15) is 21.5 Å². The molecule has 4 heteroatoms. The third-order valence-electron chi connectivity index (χ3n) is 2.51. The van der Waals surface area contributed by atoms with Gasteiger partial charge in [0, 0.05) is 9.13 Å². The van der Waals surface area contributed by atoms with Gasteiger partial charge in [0.05, 0.1) is 6.21 Å². The fourth-order valence-electron chi connectivity index (χ4n) is 1.61. The Morgan fingerprint density at radius 1 is 1.21 bits per heavy atom. The van der Waals surface area contributed by atoms with Gasteiger partial charge in [0.25, 0.3) is 5.91 Å². The van der Waals surface area contributed by atoms with Crippen LogP contribution in [0, 0.1) is 10.5 Å². The number of hydrogen-bond donors (Lipinski definition) is 1. The van der Waals surface area contributed by atoms with Gasteiger partial charge in [-0.25, -0.2) is 5.43 Å². The number of carbonyl (C=O) groups is 1. The predicted octanol–water partition coefficient (Wildman–Crippen LogP) is 3.36. The molecule has 0 bridgehead atoms. The largest absolute Gasteiger partial charge is 0.271 e. The van der Waals surface area contributed by atoms with E-state index >= 15 is 0 Å². The van der Waals surface area contributed by atoms with Gasteiger partial charge in [-0.3, -0.25) is 4.79 Å². The van der Waals surface area contributed by atoms with Gasteiger partial charge in [-0.2, -0.15) is 5.10 Å². The molecule has 0 atom stereocenters. The zero-order chi connectivity index (χ0) is 13.7. The molecule has 0 fully saturated rings. The summed E-state index contributed by atoms with van der Waals surface area (Å²) >= 11 is 2.17. The zero-order valence-electron chi connectivity index (χ0n) is 10.4. The first-order valence-corrected chi connectivity index (χ1v) is 6.89. The molecule has 0 radical (unpaired) electrons. The van der Waals surface area contributed by atoms with E-state index in [9.17, 15) is 4.79 Å². The fraction of sp³-hybridized carbons (Fsp3) is 0.0667. The molecule has 0 aliphatic carbocycles. The summed E-state index contributed by atoms with van der Waals surface area (Å²) in [5.41, 5.74) is 5.25. The molecule has 0 aromatic heterocycles. The Labute approximate surface area is 125 Å². The van der Waals surface area contributed by atoms with E-state index < -0.39 is 0 Å². The standard InChI is InChI=1S/C15H13IN2O/c1-11-4-2-5-12(8-11)10-17-18-15(19)13-6-3-7-14(16)9-13/h2-10H,1H3,(H,18,19)/b17-10+. The number of halogens is 1. The Bertz CT molecular complexity index is 623. The molecule has 0 heterocycles. The van der Waals surface area contributed by atoms with Gasteiger partial charge < -0.3 is 0 Å². The molecule has 0 unspecified atom stereocenters. The van der Waals surface area contributed by atoms with Crippen molar-refractivity contribution in [3.05, 3.63) is 68.8 Å². The molecule has 96 valence electrons. The first kappa shape index (κ1) is 13.7. The van der Waals surface area contributed by atoms with Gasteiger partial charge in [-0.05, 0) is 53.3 Å². The first-order chi connectivity index (χ1) is 9.15. The number of nitrogens with one attached hydrogen (secondary N) is 1. The highest BCUT2D eigenvalue weighted by molar-refractivity contribution is 14.1. The van der Waals surface area contributed by atoms with Crippen LogP contribution in [-0.4, -0.2) is 12.1 Å². The SMILES string of the molecule is Cc1cccc(/C=N/NC(=O)c2cccc(I)c2)c1. The molecule has 0 aliphatic rings. The zero-order valence-corrected chi connectivity index (χ0v) is 12.6. The molecule has 2 aromatic rings. The van der Waals surface area contributed by atoms with Gasteiger partial charge in [-0.1, -0.05) is 35.9 Å². The average Bonchev–Trinajstić information content (AvgIpc) is 2.38. The highest BCUT2D eigenvalue weighted by Crippen LogP contribution is 2.07. The molecular formula is C15H13IN2O. The maximum atomic E-state index is 11.8. The van der Waals surface area contributed by atoms with Gasteiger partial charge in [0.15, 0.2) is 0 Å². The van der Waals surface area contributed by atoms with Crippen molar-refractivity contribution in [1.29, 1.82) is 0 Å². The second-order valence-corrected chi connectivity index (χ2v) is 5.37. The topological polar surface area (TPSA) is 41.5 Å². The smallest absolute Gasteiger partial charge is 0.267 e. The Hall–Kier alpha value is -1.69. The molecule has 0 saturated heterocycles. The van der Waals surface area contributed by atoms with Crippen molar-refractivity contribution >= 4 is 34.7 Å². The summed E-state index contributed by atoms with van der Waals surface area (Å²) in [4.78, 5) is 11.8. The van der Waals surface area contributed by atoms with Crippen LogP contribution in [-0.2, 0) is 0 Å². The molecule has 3 nitrogen and oxygen atoms in total. The van der Waals surface area contributed by atoms with E-state index in [0.29, 0.717) is 5.56 Å². The molecule has 0 saturated carbocycles. The third-order valence-corrected chi connectivity index (χ3v) is 3.18. The summed E-state index contributed by atoms with van der Waals surface area (Å²) in [7, 11) is 0. The molecule has 1 amide bonds. The number of aryl methyl sites for hydroxylation is 1. The van der Waals surface area contributed by atoms with Crippen LogP contribution in [0.15, 0.2) is 53.6 Å². The Kier molecular flexibility index (Phi) is 4.68. The van der Waals surface area contributed by atoms with Crippen LogP contribution < -0.4 is 5.43 Å². The minimum atomic E-state index is -0.206. The lowest BCUT2D eigenvalue weighted by Gasteiger charge is -2.00. The van der Waals surface area contributed by atoms with Crippen LogP contribution in [0.4, 0.5) is 0 Å². The minimum absolute atomic E-state index is 0.206. The van der Waals surface area contributed by atoms with E-state index in [4.69, 9.17) is 0 Å². The second kappa shape index (κ2) is 6.47. The monoisotopic (exact) mass is 364 g/mol. The molecule has 2 aromatic carbocycles. The summed E-state index contributed by atoms with van der Waals surface area (Å²) in [6, 6.07) is 15.3. The number of carbonyl (C=O) groups excluding carboxylic acids is 1. The lowest BCUT2D eigenvalue weighted by atomic mass is 10.2. The number of nitrogens with zero attached hydrogens (tertiary/aromatic N) is 1. The molecule has 0 aliphatic heterocycles. The average molecular weight is 364 g/mol. The van der Waals surface area contributed by atoms with Crippen molar-refractivity contribution in [1.82, 2.24) is 5.43 Å². The lowest BCUT2D eigenvalue weighted by molar-refractivity contribution is 0.0955. The summed E-state index contributed by atoms with van der Waals surface area (Å²) in [5.74, 6) is -0.206. The van der Waals surface area contributed by atoms with Gasteiger partial charge >= 0.3 is 0 Å². The van der Waals surface area contributed by atoms with E-state index in [1.54, 1.807) is 12.3 Å². The van der Waals surface area contributed by atoms with Crippen molar-refractivity contribution in [3.63, 3.8) is 0 Å². The van der Waals surface area contributed by atoms with Crippen molar-refractivity contribution < 1.29 is 4.79 Å². The van der Waals surface area contributed by atoms with E-state index in [2.05, 4.69) is 33.1 Å². The van der Waals surface area contributed by atoms with Gasteiger partial charge in [0.1, 0.15) is 0 Å². The highest BCUT2D eigenvalue weighted by Gasteiger charge is 2.03. The van der Waals surface area contributed by atoms with E-state index in [0.717, 1.165) is 14.7 Å². The van der Waals surface area contributed by atoms with Gasteiger partial charge in [-0.15, -0.1) is 0 Å². The van der Waals surface area contributed by atoms with Crippen LogP contribution in [0.25, 0.3) is 0 Å². The summed E-state index contributed by atoms with van der Waals surface area (Å²) in [6.45, 7) is 2.02. The van der Waals surface area contributed by atoms with E-state index in [1.165, 1.54) is 0 Å². The fourth-order valence-corrected chi connectivity index (χ4v) is 2.15. The molecule has 0 spiro atoms. The van der Waals surface area contributed by atoms with Crippen molar-refractivity contribution in [2.24, 2.45) is 5.10 Å². The van der Waals surface area contributed by atoms with E-state index in [-0.39, 0.29) is 5.91 Å². The minimum Gasteiger partial charge on any atom is -0.267 e. The molecular weight excluding hydrogens is 351 g/mol. The van der Waals surface area contributed by atoms with Crippen molar-refractivity contribution in [2.75, 3.05) is 0 Å². The first-order valence-electron chi connectivity index (χ1n) is 5.81. The van der Waals surface area contributed by atoms with Crippen molar-refractivity contribution in [2.45, 2.75) is 6.92 Å². The third kappa shape index (κ3) is 4.17. The van der Waals surface area contributed by atoms with Crippen LogP contribution in [0.3, 0.4) is 0 Å². The highest BCUT2D eigenvalue weighted by atomic mass is 127. The molecule has 1 N–H and O–H groups in total. The number of rotatable bonds is 3. The maximum Gasteiger partial charge on any atom is 0.271 e. The van der Waals surface area contributed by atoms with E-state index in [1.807, 2.05) is 49.4 Å². The Morgan fingerprint density at radius 2 is 2.00 bits per heavy atom. The van der Waals surface area contributed by atoms with Crippen LogP contribution >= 0.6 is 22.6 Å². The Balaban J connectivity index is 2.01. The number of hydrazone groups is 1. The van der Waals surface area contributed by atoms with Crippen LogP contribution in [0.5, 0.6) is 0 Å². The second-order valence-electron chi connectivity index (χ2n) is 4.12. The van der Waals surface area contributed by atoms with Crippen LogP contribution in [0.2, 0.25) is 0 Å². The summed E-state index contributed by atoms with van der Waals surface area (Å²) in [6.07, 6.45) is 1.64. The maximum absolute atomic E-state index is 11.8. The number of hydrogen-bond acceptors (Lipinski definition) is 2. The quantitative estimate of drug-likeness (QED) is 0.507. The van der Waals surface area contributed by atoms with Crippen molar-refractivity contribution in [3.8, 4) is 0 Å². The summed E-state index contributed by atoms with van der Waals surface area (Å²) in [5, 5.41) is 3.96.